The summed E-state index contributed by atoms with van der Waals surface area (Å²) in [6.45, 7) is 11.7. The molecule has 0 aliphatic carbocycles. The molecule has 1 aliphatic heterocycles. The molecule has 4 rings (SSSR count). The zero-order chi connectivity index (χ0) is 22.3. The van der Waals surface area contributed by atoms with Crippen LogP contribution in [0.15, 0.2) is 42.5 Å². The monoisotopic (exact) mass is 422 g/mol. The fourth-order valence-electron chi connectivity index (χ4n) is 4.08. The van der Waals surface area contributed by atoms with Gasteiger partial charge in [0.2, 0.25) is 5.91 Å². The number of anilines is 2. The lowest BCUT2D eigenvalue weighted by atomic mass is 9.98. The summed E-state index contributed by atoms with van der Waals surface area (Å²) in [5.74, 6) is 0.457. The molecule has 2 radical (unpaired) electrons. The summed E-state index contributed by atoms with van der Waals surface area (Å²) < 4.78 is 29.6. The predicted molar refractivity (Wildman–Crippen MR) is 116 cm³/mol. The van der Waals surface area contributed by atoms with Crippen LogP contribution in [0.4, 0.5) is 20.3 Å². The molecule has 2 heterocycles. The highest BCUT2D eigenvalue weighted by Crippen LogP contribution is 2.40. The van der Waals surface area contributed by atoms with E-state index >= 15 is 0 Å². The van der Waals surface area contributed by atoms with Crippen molar-refractivity contribution in [2.75, 3.05) is 11.9 Å². The van der Waals surface area contributed by atoms with Crippen LogP contribution in [-0.2, 0) is 16.9 Å². The van der Waals surface area contributed by atoms with E-state index in [9.17, 15) is 13.6 Å². The third kappa shape index (κ3) is 3.69. The van der Waals surface area contributed by atoms with Crippen LogP contribution in [0.5, 0.6) is 0 Å². The van der Waals surface area contributed by atoms with E-state index in [0.29, 0.717) is 47.1 Å². The number of nitrogens with zero attached hydrogens (tertiary/aromatic N) is 3. The number of hydrogen-bond acceptors (Lipinski definition) is 3. The summed E-state index contributed by atoms with van der Waals surface area (Å²) in [6.07, 6.45) is 0.340. The predicted octanol–water partition coefficient (Wildman–Crippen LogP) is 5.06. The second-order valence-electron chi connectivity index (χ2n) is 8.21. The summed E-state index contributed by atoms with van der Waals surface area (Å²) in [5.41, 5.74) is 1.52. The number of aryl methyl sites for hydroxylation is 1. The Morgan fingerprint density at radius 3 is 2.65 bits per heavy atom. The molecular formula is C24H24F2N4O. The molecule has 0 atom stereocenters. The van der Waals surface area contributed by atoms with Crippen LogP contribution in [-0.4, -0.2) is 26.9 Å². The lowest BCUT2D eigenvalue weighted by molar-refractivity contribution is -0.140. The van der Waals surface area contributed by atoms with Crippen LogP contribution >= 0.6 is 0 Å². The Kier molecular flexibility index (Phi) is 5.29. The van der Waals surface area contributed by atoms with Crippen molar-refractivity contribution in [1.82, 2.24) is 14.5 Å². The molecule has 0 fully saturated rings. The van der Waals surface area contributed by atoms with Gasteiger partial charge in [0.1, 0.15) is 35.5 Å². The van der Waals surface area contributed by atoms with Crippen LogP contribution in [0.25, 0.3) is 11.3 Å². The highest BCUT2D eigenvalue weighted by molar-refractivity contribution is 5.83. The minimum absolute atomic E-state index is 0.0730. The van der Waals surface area contributed by atoms with Crippen molar-refractivity contribution < 1.29 is 13.6 Å². The Balaban J connectivity index is 1.90. The van der Waals surface area contributed by atoms with E-state index in [0.717, 1.165) is 0 Å². The molecule has 0 spiro atoms. The summed E-state index contributed by atoms with van der Waals surface area (Å²) in [6, 6.07) is 10.8. The molecule has 0 unspecified atom stereocenters. The molecule has 0 saturated heterocycles. The second kappa shape index (κ2) is 7.80. The first-order valence-electron chi connectivity index (χ1n) is 10.1. The SMILES string of the molecule is [CH]CCN1C(=O)Cn2c(nc(-c3cccc(F)c3)c2Nc2ccc(F)c(C)c2)C1(C)C. The maximum absolute atomic E-state index is 14.0. The molecule has 31 heavy (non-hydrogen) atoms. The summed E-state index contributed by atoms with van der Waals surface area (Å²) in [5, 5.41) is 3.29. The topological polar surface area (TPSA) is 50.2 Å². The lowest BCUT2D eigenvalue weighted by Gasteiger charge is -2.42. The van der Waals surface area contributed by atoms with Gasteiger partial charge in [0.15, 0.2) is 0 Å². The Labute approximate surface area is 180 Å². The molecule has 5 nitrogen and oxygen atoms in total. The maximum atomic E-state index is 14.0. The van der Waals surface area contributed by atoms with E-state index in [-0.39, 0.29) is 24.1 Å². The molecule has 3 aromatic rings. The standard InChI is InChI=1S/C24H24F2N4O/c1-5-11-30-20(31)14-29-22(27-18-9-10-19(26)15(2)12-18)21(28-23(29)24(30,3)4)16-7-6-8-17(25)13-16/h1,6-10,12-13,27H,5,11,14H2,2-4H3. The number of hydrogen-bond donors (Lipinski definition) is 1. The van der Waals surface area contributed by atoms with E-state index in [1.54, 1.807) is 36.1 Å². The molecule has 7 heteroatoms. The van der Waals surface area contributed by atoms with Crippen molar-refractivity contribution in [1.29, 1.82) is 0 Å². The Hall–Kier alpha value is -3.22. The minimum Gasteiger partial charge on any atom is -0.340 e. The van der Waals surface area contributed by atoms with Gasteiger partial charge in [-0.25, -0.2) is 13.8 Å². The molecule has 1 aliphatic rings. The number of carbonyl (C=O) groups excluding carboxylic acids is 1. The molecule has 1 aromatic heterocycles. The average molecular weight is 422 g/mol. The van der Waals surface area contributed by atoms with E-state index in [1.807, 2.05) is 18.4 Å². The van der Waals surface area contributed by atoms with Gasteiger partial charge in [-0.3, -0.25) is 4.79 Å². The molecule has 0 bridgehead atoms. The van der Waals surface area contributed by atoms with Gasteiger partial charge in [0.05, 0.1) is 5.54 Å². The van der Waals surface area contributed by atoms with Crippen molar-refractivity contribution in [3.8, 4) is 11.3 Å². The number of carbonyl (C=O) groups is 1. The molecular weight excluding hydrogens is 398 g/mol. The first-order chi connectivity index (χ1) is 14.7. The van der Waals surface area contributed by atoms with Gasteiger partial charge in [0.25, 0.3) is 0 Å². The highest BCUT2D eigenvalue weighted by atomic mass is 19.1. The van der Waals surface area contributed by atoms with E-state index in [1.165, 1.54) is 18.2 Å². The largest absolute Gasteiger partial charge is 0.340 e. The Morgan fingerprint density at radius 2 is 1.97 bits per heavy atom. The van der Waals surface area contributed by atoms with Gasteiger partial charge in [-0.1, -0.05) is 12.1 Å². The summed E-state index contributed by atoms with van der Waals surface area (Å²) >= 11 is 0. The fraction of sp³-hybridized carbons (Fsp3) is 0.292. The number of halogens is 2. The average Bonchev–Trinajstić information content (AvgIpc) is 3.07. The molecule has 160 valence electrons. The molecule has 0 saturated carbocycles. The van der Waals surface area contributed by atoms with Gasteiger partial charge in [0, 0.05) is 17.8 Å². The van der Waals surface area contributed by atoms with Crippen LogP contribution in [0.2, 0.25) is 0 Å². The van der Waals surface area contributed by atoms with Gasteiger partial charge in [-0.2, -0.15) is 0 Å². The van der Waals surface area contributed by atoms with Crippen molar-refractivity contribution in [2.24, 2.45) is 0 Å². The van der Waals surface area contributed by atoms with Crippen LogP contribution < -0.4 is 5.32 Å². The van der Waals surface area contributed by atoms with Gasteiger partial charge < -0.3 is 14.8 Å². The third-order valence-electron chi connectivity index (χ3n) is 5.66. The second-order valence-corrected chi connectivity index (χ2v) is 8.21. The van der Waals surface area contributed by atoms with Crippen LogP contribution in [0.1, 0.15) is 31.7 Å². The van der Waals surface area contributed by atoms with Gasteiger partial charge >= 0.3 is 0 Å². The first-order valence-corrected chi connectivity index (χ1v) is 10.1. The van der Waals surface area contributed by atoms with Crippen molar-refractivity contribution in [3.63, 3.8) is 0 Å². The number of nitrogens with one attached hydrogen (secondary N) is 1. The zero-order valence-electron chi connectivity index (χ0n) is 17.7. The fourth-order valence-corrected chi connectivity index (χ4v) is 4.08. The number of benzene rings is 2. The van der Waals surface area contributed by atoms with E-state index < -0.39 is 5.54 Å². The number of amides is 1. The quantitative estimate of drug-likeness (QED) is 0.625. The lowest BCUT2D eigenvalue weighted by Crippen LogP contribution is -2.52. The third-order valence-corrected chi connectivity index (χ3v) is 5.66. The smallest absolute Gasteiger partial charge is 0.243 e. The van der Waals surface area contributed by atoms with Gasteiger partial charge in [-0.05, 0) is 70.0 Å². The maximum Gasteiger partial charge on any atom is 0.243 e. The Bertz CT molecular complexity index is 1150. The summed E-state index contributed by atoms with van der Waals surface area (Å²) in [7, 11) is 0. The van der Waals surface area contributed by atoms with E-state index in [2.05, 4.69) is 5.32 Å². The minimum atomic E-state index is -0.713. The first kappa shape index (κ1) is 21.0. The molecule has 1 amide bonds. The zero-order valence-corrected chi connectivity index (χ0v) is 17.7. The number of rotatable bonds is 5. The summed E-state index contributed by atoms with van der Waals surface area (Å²) in [4.78, 5) is 19.5. The Morgan fingerprint density at radius 1 is 1.19 bits per heavy atom. The van der Waals surface area contributed by atoms with Crippen molar-refractivity contribution in [2.45, 2.75) is 39.3 Å². The van der Waals surface area contributed by atoms with E-state index in [4.69, 9.17) is 11.9 Å². The van der Waals surface area contributed by atoms with Gasteiger partial charge in [-0.15, -0.1) is 0 Å². The van der Waals surface area contributed by atoms with Crippen LogP contribution in [0, 0.1) is 25.5 Å². The van der Waals surface area contributed by atoms with Crippen LogP contribution in [0.3, 0.4) is 0 Å². The number of aromatic nitrogens is 2. The van der Waals surface area contributed by atoms with Crippen molar-refractivity contribution in [3.05, 3.63) is 72.4 Å². The normalized spacial score (nSPS) is 15.2. The number of imidazole rings is 1. The highest BCUT2D eigenvalue weighted by Gasteiger charge is 2.42. The number of fused-ring (bicyclic) bond motifs is 1. The molecule has 2 aromatic carbocycles. The van der Waals surface area contributed by atoms with Crippen molar-refractivity contribution >= 4 is 17.4 Å². The molecule has 1 N–H and O–H groups in total.